The molecule has 0 saturated carbocycles. The summed E-state index contributed by atoms with van der Waals surface area (Å²) in [4.78, 5) is 0. The van der Waals surface area contributed by atoms with Crippen LogP contribution in [-0.4, -0.2) is 0 Å². The van der Waals surface area contributed by atoms with Crippen molar-refractivity contribution in [2.75, 3.05) is 0 Å². The lowest BCUT2D eigenvalue weighted by atomic mass is 9.93. The molecule has 2 unspecified atom stereocenters. The van der Waals surface area contributed by atoms with Crippen molar-refractivity contribution in [3.8, 4) is 0 Å². The smallest absolute Gasteiger partial charge is 0.137 e. The normalized spacial score (nSPS) is 15.0. The maximum atomic E-state index is 13.1. The summed E-state index contributed by atoms with van der Waals surface area (Å²) in [6, 6.07) is 5.04. The van der Waals surface area contributed by atoms with Crippen LogP contribution in [0.1, 0.15) is 31.9 Å². The number of rotatable bonds is 4. The first-order valence-electron chi connectivity index (χ1n) is 5.01. The van der Waals surface area contributed by atoms with Crippen LogP contribution < -0.4 is 11.3 Å². The second-order valence-corrected chi connectivity index (χ2v) is 4.56. The predicted octanol–water partition coefficient (Wildman–Crippen LogP) is 3.14. The molecule has 0 aliphatic rings. The minimum Gasteiger partial charge on any atom is -0.271 e. The third-order valence-electron chi connectivity index (χ3n) is 2.70. The summed E-state index contributed by atoms with van der Waals surface area (Å²) in [7, 11) is 0. The molecule has 0 aromatic heterocycles. The molecule has 84 valence electrons. The summed E-state index contributed by atoms with van der Waals surface area (Å²) < 4.78 is 13.5. The Balaban J connectivity index is 2.97. The highest BCUT2D eigenvalue weighted by atomic mass is 79.9. The minimum atomic E-state index is -0.251. The lowest BCUT2D eigenvalue weighted by Gasteiger charge is -2.22. The lowest BCUT2D eigenvalue weighted by Crippen LogP contribution is -2.32. The van der Waals surface area contributed by atoms with Crippen molar-refractivity contribution in [2.24, 2.45) is 11.8 Å². The van der Waals surface area contributed by atoms with Gasteiger partial charge in [0.1, 0.15) is 5.82 Å². The van der Waals surface area contributed by atoms with E-state index in [-0.39, 0.29) is 11.9 Å². The van der Waals surface area contributed by atoms with Crippen LogP contribution in [0.2, 0.25) is 0 Å². The van der Waals surface area contributed by atoms with Crippen molar-refractivity contribution in [3.63, 3.8) is 0 Å². The van der Waals surface area contributed by atoms with Crippen molar-refractivity contribution in [3.05, 3.63) is 34.1 Å². The molecule has 1 aromatic rings. The van der Waals surface area contributed by atoms with Gasteiger partial charge in [-0.15, -0.1) is 0 Å². The van der Waals surface area contributed by atoms with Gasteiger partial charge in [0, 0.05) is 6.04 Å². The van der Waals surface area contributed by atoms with E-state index in [1.165, 1.54) is 6.07 Å². The van der Waals surface area contributed by atoms with Crippen LogP contribution in [0.3, 0.4) is 0 Å². The molecule has 0 amide bonds. The van der Waals surface area contributed by atoms with E-state index in [4.69, 9.17) is 5.84 Å². The second kappa shape index (κ2) is 5.58. The second-order valence-electron chi connectivity index (χ2n) is 3.70. The number of hydrazine groups is 1. The third kappa shape index (κ3) is 3.00. The van der Waals surface area contributed by atoms with Crippen molar-refractivity contribution < 1.29 is 4.39 Å². The molecule has 2 atom stereocenters. The zero-order chi connectivity index (χ0) is 11.4. The van der Waals surface area contributed by atoms with Crippen LogP contribution in [0.5, 0.6) is 0 Å². The van der Waals surface area contributed by atoms with Gasteiger partial charge in [0.15, 0.2) is 0 Å². The fourth-order valence-electron chi connectivity index (χ4n) is 1.53. The van der Waals surface area contributed by atoms with Gasteiger partial charge < -0.3 is 0 Å². The van der Waals surface area contributed by atoms with Gasteiger partial charge in [-0.05, 0) is 39.5 Å². The molecule has 0 fully saturated rings. The van der Waals surface area contributed by atoms with E-state index in [0.717, 1.165) is 12.0 Å². The topological polar surface area (TPSA) is 38.0 Å². The molecule has 1 aromatic carbocycles. The fraction of sp³-hybridized carbons (Fsp3) is 0.455. The highest BCUT2D eigenvalue weighted by Crippen LogP contribution is 2.27. The first-order valence-corrected chi connectivity index (χ1v) is 5.80. The summed E-state index contributed by atoms with van der Waals surface area (Å²) in [5.41, 5.74) is 3.77. The first kappa shape index (κ1) is 12.6. The Hall–Kier alpha value is -0.450. The summed E-state index contributed by atoms with van der Waals surface area (Å²) in [6.07, 6.45) is 1.02. The van der Waals surface area contributed by atoms with E-state index in [2.05, 4.69) is 35.2 Å². The number of nitrogens with one attached hydrogen (secondary N) is 1. The zero-order valence-electron chi connectivity index (χ0n) is 8.93. The van der Waals surface area contributed by atoms with Crippen LogP contribution in [-0.2, 0) is 0 Å². The quantitative estimate of drug-likeness (QED) is 0.654. The van der Waals surface area contributed by atoms with Crippen molar-refractivity contribution >= 4 is 15.9 Å². The monoisotopic (exact) mass is 274 g/mol. The van der Waals surface area contributed by atoms with E-state index < -0.39 is 0 Å². The van der Waals surface area contributed by atoms with E-state index in [0.29, 0.717) is 10.4 Å². The molecule has 3 N–H and O–H groups in total. The lowest BCUT2D eigenvalue weighted by molar-refractivity contribution is 0.382. The fourth-order valence-corrected chi connectivity index (χ4v) is 1.93. The Labute approximate surface area is 98.1 Å². The third-order valence-corrected chi connectivity index (χ3v) is 3.30. The van der Waals surface area contributed by atoms with Crippen LogP contribution >= 0.6 is 15.9 Å². The summed E-state index contributed by atoms with van der Waals surface area (Å²) in [5.74, 6) is 5.67. The zero-order valence-corrected chi connectivity index (χ0v) is 10.5. The largest absolute Gasteiger partial charge is 0.271 e. The SMILES string of the molecule is CCC(C)C(NN)c1ccc(F)c(Br)c1. The predicted molar refractivity (Wildman–Crippen MR) is 63.6 cm³/mol. The van der Waals surface area contributed by atoms with Gasteiger partial charge in [-0.2, -0.15) is 0 Å². The average Bonchev–Trinajstić information content (AvgIpc) is 2.24. The molecule has 0 bridgehead atoms. The number of hydrogen-bond donors (Lipinski definition) is 2. The van der Waals surface area contributed by atoms with Crippen molar-refractivity contribution in [2.45, 2.75) is 26.3 Å². The molecule has 4 heteroatoms. The maximum Gasteiger partial charge on any atom is 0.137 e. The van der Waals surface area contributed by atoms with Gasteiger partial charge >= 0.3 is 0 Å². The Bertz CT molecular complexity index is 330. The van der Waals surface area contributed by atoms with Gasteiger partial charge in [-0.3, -0.25) is 11.3 Å². The van der Waals surface area contributed by atoms with Gasteiger partial charge in [0.05, 0.1) is 4.47 Å². The Morgan fingerprint density at radius 2 is 2.20 bits per heavy atom. The number of hydrogen-bond acceptors (Lipinski definition) is 2. The van der Waals surface area contributed by atoms with E-state index in [1.807, 2.05) is 0 Å². The van der Waals surface area contributed by atoms with Crippen LogP contribution in [0.4, 0.5) is 4.39 Å². The van der Waals surface area contributed by atoms with Crippen LogP contribution in [0.25, 0.3) is 0 Å². The Morgan fingerprint density at radius 3 is 2.67 bits per heavy atom. The van der Waals surface area contributed by atoms with Gasteiger partial charge in [-0.1, -0.05) is 26.3 Å². The molecule has 2 nitrogen and oxygen atoms in total. The van der Waals surface area contributed by atoms with Crippen molar-refractivity contribution in [1.29, 1.82) is 0 Å². The minimum absolute atomic E-state index is 0.0619. The standard InChI is InChI=1S/C11H16BrFN2/c1-3-7(2)11(15-14)8-4-5-10(13)9(12)6-8/h4-7,11,15H,3,14H2,1-2H3. The summed E-state index contributed by atoms with van der Waals surface area (Å²) >= 11 is 3.17. The average molecular weight is 275 g/mol. The van der Waals surface area contributed by atoms with E-state index in [9.17, 15) is 4.39 Å². The molecule has 0 aliphatic heterocycles. The molecule has 0 saturated heterocycles. The van der Waals surface area contributed by atoms with Crippen LogP contribution in [0.15, 0.2) is 22.7 Å². The van der Waals surface area contributed by atoms with Crippen LogP contribution in [0, 0.1) is 11.7 Å². The van der Waals surface area contributed by atoms with E-state index in [1.54, 1.807) is 12.1 Å². The Morgan fingerprint density at radius 1 is 1.53 bits per heavy atom. The molecule has 0 aliphatic carbocycles. The van der Waals surface area contributed by atoms with Gasteiger partial charge in [0.2, 0.25) is 0 Å². The first-order chi connectivity index (χ1) is 7.10. The maximum absolute atomic E-state index is 13.1. The number of benzene rings is 1. The molecule has 15 heavy (non-hydrogen) atoms. The Kier molecular flexibility index (Phi) is 4.70. The molecule has 1 rings (SSSR count). The molecule has 0 spiro atoms. The van der Waals surface area contributed by atoms with Gasteiger partial charge in [0.25, 0.3) is 0 Å². The van der Waals surface area contributed by atoms with E-state index >= 15 is 0 Å². The highest BCUT2D eigenvalue weighted by Gasteiger charge is 2.17. The number of halogens is 2. The number of nitrogens with two attached hydrogens (primary N) is 1. The van der Waals surface area contributed by atoms with Gasteiger partial charge in [-0.25, -0.2) is 4.39 Å². The molecular formula is C11H16BrFN2. The highest BCUT2D eigenvalue weighted by molar-refractivity contribution is 9.10. The molecular weight excluding hydrogens is 259 g/mol. The molecule has 0 heterocycles. The summed E-state index contributed by atoms with van der Waals surface area (Å²) in [5, 5.41) is 0. The van der Waals surface area contributed by atoms with Crippen molar-refractivity contribution in [1.82, 2.24) is 5.43 Å². The summed E-state index contributed by atoms with van der Waals surface area (Å²) in [6.45, 7) is 4.22. The molecule has 0 radical (unpaired) electrons.